The zero-order valence-corrected chi connectivity index (χ0v) is 27.6. The van der Waals surface area contributed by atoms with E-state index in [1.165, 1.54) is 0 Å². The van der Waals surface area contributed by atoms with Crippen molar-refractivity contribution in [2.24, 2.45) is 0 Å². The smallest absolute Gasteiger partial charge is 0.278 e. The fourth-order valence-corrected chi connectivity index (χ4v) is 6.04. The molecular formula is C32H50N4O8. The van der Waals surface area contributed by atoms with Gasteiger partial charge in [0, 0.05) is 12.1 Å². The van der Waals surface area contributed by atoms with Crippen LogP contribution in [-0.2, 0) is 9.59 Å². The van der Waals surface area contributed by atoms with E-state index in [0.717, 1.165) is 96.4 Å². The Hall–Kier alpha value is -3.90. The first-order valence-electron chi connectivity index (χ1n) is 15.3. The number of rotatable bonds is 14. The van der Waals surface area contributed by atoms with E-state index >= 15 is 0 Å². The topological polar surface area (TPSA) is 167 Å². The first-order valence-corrected chi connectivity index (χ1v) is 15.3. The van der Waals surface area contributed by atoms with Crippen LogP contribution in [0.25, 0.3) is 0 Å². The van der Waals surface area contributed by atoms with Crippen LogP contribution in [0.2, 0.25) is 0 Å². The van der Waals surface area contributed by atoms with E-state index in [1.807, 2.05) is 26.0 Å². The number of carbonyl (C=O) groups excluding carboxylic acids is 2. The van der Waals surface area contributed by atoms with Crippen molar-refractivity contribution >= 4 is 34.7 Å². The SMILES string of the molecule is CCC[N+](CC)(CCC)c1cccc([N+](=O)[O-])c1C.CCC[N+](CC)(CCC)c1cccc([N+](=O)[O-])c1C.O=C([O-])C(=O)[O-]. The van der Waals surface area contributed by atoms with Crippen molar-refractivity contribution in [2.75, 3.05) is 39.3 Å². The van der Waals surface area contributed by atoms with Crippen LogP contribution in [0.5, 0.6) is 0 Å². The Balaban J connectivity index is 0.000000710. The summed E-state index contributed by atoms with van der Waals surface area (Å²) in [5.41, 5.74) is 4.33. The van der Waals surface area contributed by atoms with Gasteiger partial charge in [0.2, 0.25) is 0 Å². The van der Waals surface area contributed by atoms with Crippen LogP contribution in [-0.4, -0.2) is 61.1 Å². The molecule has 246 valence electrons. The van der Waals surface area contributed by atoms with Gasteiger partial charge in [0.05, 0.1) is 72.2 Å². The van der Waals surface area contributed by atoms with Crippen LogP contribution in [0.4, 0.5) is 22.7 Å². The minimum atomic E-state index is -2.19. The van der Waals surface area contributed by atoms with Crippen molar-refractivity contribution in [1.82, 2.24) is 8.97 Å². The van der Waals surface area contributed by atoms with Gasteiger partial charge in [0.15, 0.2) is 0 Å². The molecule has 2 rings (SSSR count). The second-order valence-corrected chi connectivity index (χ2v) is 10.7. The van der Waals surface area contributed by atoms with Crippen molar-refractivity contribution in [1.29, 1.82) is 0 Å². The van der Waals surface area contributed by atoms with Gasteiger partial charge in [-0.05, 0) is 77.6 Å². The summed E-state index contributed by atoms with van der Waals surface area (Å²) < 4.78 is 1.70. The monoisotopic (exact) mass is 618 g/mol. The van der Waals surface area contributed by atoms with E-state index in [2.05, 4.69) is 53.7 Å². The number of carbonyl (C=O) groups is 2. The Morgan fingerprint density at radius 1 is 0.591 bits per heavy atom. The summed E-state index contributed by atoms with van der Waals surface area (Å²) in [7, 11) is 0. The molecule has 0 N–H and O–H groups in total. The first-order chi connectivity index (χ1) is 20.7. The molecule has 44 heavy (non-hydrogen) atoms. The van der Waals surface area contributed by atoms with Gasteiger partial charge >= 0.3 is 0 Å². The van der Waals surface area contributed by atoms with Gasteiger partial charge in [-0.2, -0.15) is 0 Å². The van der Waals surface area contributed by atoms with Gasteiger partial charge < -0.3 is 19.8 Å². The number of quaternary nitrogens is 2. The maximum atomic E-state index is 11.1. The molecule has 0 aromatic heterocycles. The number of hydrogen-bond acceptors (Lipinski definition) is 8. The number of aliphatic carboxylic acids is 2. The van der Waals surface area contributed by atoms with E-state index < -0.39 is 11.9 Å². The molecule has 0 spiro atoms. The molecule has 2 aromatic rings. The molecule has 0 amide bonds. The van der Waals surface area contributed by atoms with Crippen molar-refractivity contribution < 1.29 is 29.6 Å². The Labute approximate surface area is 261 Å². The lowest BCUT2D eigenvalue weighted by Crippen LogP contribution is -2.50. The highest BCUT2D eigenvalue weighted by Crippen LogP contribution is 2.34. The summed E-state index contributed by atoms with van der Waals surface area (Å²) in [5, 5.41) is 40.1. The van der Waals surface area contributed by atoms with Gasteiger partial charge in [-0.3, -0.25) is 29.2 Å². The first kappa shape index (κ1) is 40.1. The molecule has 0 fully saturated rings. The molecule has 12 heteroatoms. The summed E-state index contributed by atoms with van der Waals surface area (Å²) in [6.07, 6.45) is 4.32. The predicted molar refractivity (Wildman–Crippen MR) is 171 cm³/mol. The lowest BCUT2D eigenvalue weighted by atomic mass is 10.1. The maximum Gasteiger partial charge on any atom is 0.278 e. The third kappa shape index (κ3) is 10.7. The molecule has 12 nitrogen and oxygen atoms in total. The molecule has 0 radical (unpaired) electrons. The minimum Gasteiger partial charge on any atom is -0.543 e. The summed E-state index contributed by atoms with van der Waals surface area (Å²) >= 11 is 0. The van der Waals surface area contributed by atoms with Gasteiger partial charge in [-0.1, -0.05) is 27.7 Å². The zero-order valence-electron chi connectivity index (χ0n) is 27.6. The highest BCUT2D eigenvalue weighted by molar-refractivity contribution is 6.25. The van der Waals surface area contributed by atoms with E-state index in [1.54, 1.807) is 12.1 Å². The third-order valence-corrected chi connectivity index (χ3v) is 7.95. The van der Waals surface area contributed by atoms with Crippen molar-refractivity contribution in [3.8, 4) is 0 Å². The zero-order chi connectivity index (χ0) is 34.1. The molecular weight excluding hydrogens is 568 g/mol. The second kappa shape index (κ2) is 19.4. The molecule has 0 aliphatic heterocycles. The summed E-state index contributed by atoms with van der Waals surface area (Å²) in [5.74, 6) is -4.37. The van der Waals surface area contributed by atoms with Crippen LogP contribution in [0, 0.1) is 34.1 Å². The average molecular weight is 619 g/mol. The highest BCUT2D eigenvalue weighted by Gasteiger charge is 2.32. The Bertz CT molecular complexity index is 1140. The van der Waals surface area contributed by atoms with Crippen molar-refractivity contribution in [3.05, 3.63) is 67.8 Å². The Morgan fingerprint density at radius 2 is 0.864 bits per heavy atom. The maximum absolute atomic E-state index is 11.1. The van der Waals surface area contributed by atoms with Gasteiger partial charge in [0.1, 0.15) is 11.4 Å². The Morgan fingerprint density at radius 3 is 1.05 bits per heavy atom. The molecule has 0 unspecified atom stereocenters. The molecule has 0 aliphatic carbocycles. The molecule has 0 saturated heterocycles. The van der Waals surface area contributed by atoms with Crippen LogP contribution >= 0.6 is 0 Å². The molecule has 0 atom stereocenters. The molecule has 0 aliphatic rings. The van der Waals surface area contributed by atoms with Crippen LogP contribution < -0.4 is 19.2 Å². The number of hydrogen-bond donors (Lipinski definition) is 0. The van der Waals surface area contributed by atoms with Gasteiger partial charge in [-0.15, -0.1) is 0 Å². The number of nitro benzene ring substituents is 2. The summed E-state index contributed by atoms with van der Waals surface area (Å²) in [6, 6.07) is 10.9. The van der Waals surface area contributed by atoms with E-state index in [9.17, 15) is 20.2 Å². The highest BCUT2D eigenvalue weighted by atomic mass is 16.6. The quantitative estimate of drug-likeness (QED) is 0.128. The standard InChI is InChI=1S/2C15H25N2O2.C2H2O4/c2*1-5-11-17(7-3,12-6-2)15-10-8-9-14(13(15)4)16(18)19;3-1(4)2(5)6/h2*8-10H,5-7,11-12H2,1-4H3;(H,3,4)(H,5,6)/q2*+1;/p-2. The normalized spacial score (nSPS) is 11.0. The lowest BCUT2D eigenvalue weighted by Gasteiger charge is -2.38. The number of carboxylic acids is 2. The molecule has 0 saturated carbocycles. The second-order valence-electron chi connectivity index (χ2n) is 10.7. The van der Waals surface area contributed by atoms with Crippen LogP contribution in [0.1, 0.15) is 78.4 Å². The minimum absolute atomic E-state index is 0.237. The van der Waals surface area contributed by atoms with E-state index in [4.69, 9.17) is 19.8 Å². The van der Waals surface area contributed by atoms with Gasteiger partial charge in [0.25, 0.3) is 11.4 Å². The van der Waals surface area contributed by atoms with E-state index in [-0.39, 0.29) is 21.2 Å². The summed E-state index contributed by atoms with van der Waals surface area (Å²) in [4.78, 5) is 39.5. The van der Waals surface area contributed by atoms with Gasteiger partial charge in [-0.25, -0.2) is 0 Å². The fraction of sp³-hybridized carbons (Fsp3) is 0.562. The van der Waals surface area contributed by atoms with Crippen molar-refractivity contribution in [2.45, 2.75) is 81.1 Å². The number of nitro groups is 2. The van der Waals surface area contributed by atoms with Crippen molar-refractivity contribution in [3.63, 3.8) is 0 Å². The van der Waals surface area contributed by atoms with Crippen LogP contribution in [0.3, 0.4) is 0 Å². The largest absolute Gasteiger partial charge is 0.543 e. The fourth-order valence-electron chi connectivity index (χ4n) is 6.04. The number of nitrogens with zero attached hydrogens (tertiary/aromatic N) is 4. The summed E-state index contributed by atoms with van der Waals surface area (Å²) in [6.45, 7) is 22.9. The predicted octanol–water partition coefficient (Wildman–Crippen LogP) is 4.59. The van der Waals surface area contributed by atoms with E-state index in [0.29, 0.717) is 0 Å². The molecule has 2 aromatic carbocycles. The molecule has 0 heterocycles. The Kier molecular flexibility index (Phi) is 17.7. The number of carboxylic acid groups (broad SMARTS) is 2. The average Bonchev–Trinajstić information content (AvgIpc) is 2.97. The number of benzene rings is 2. The lowest BCUT2D eigenvalue weighted by molar-refractivity contribution is -0.385. The third-order valence-electron chi connectivity index (χ3n) is 7.95. The molecule has 0 bridgehead atoms. The van der Waals surface area contributed by atoms with Crippen LogP contribution in [0.15, 0.2) is 36.4 Å².